The van der Waals surface area contributed by atoms with Gasteiger partial charge in [0.1, 0.15) is 0 Å². The third kappa shape index (κ3) is 4.46. The first-order valence-corrected chi connectivity index (χ1v) is 8.78. The lowest BCUT2D eigenvalue weighted by atomic mass is 10.1. The van der Waals surface area contributed by atoms with Gasteiger partial charge >= 0.3 is 0 Å². The average molecular weight is 342 g/mol. The van der Waals surface area contributed by atoms with E-state index in [0.29, 0.717) is 5.88 Å². The van der Waals surface area contributed by atoms with Gasteiger partial charge in [0.25, 0.3) is 0 Å². The summed E-state index contributed by atoms with van der Waals surface area (Å²) in [5.41, 5.74) is 3.47. The van der Waals surface area contributed by atoms with Gasteiger partial charge in [-0.3, -0.25) is 19.9 Å². The van der Waals surface area contributed by atoms with Crippen LogP contribution in [-0.4, -0.2) is 53.1 Å². The molecule has 0 aliphatic carbocycles. The summed E-state index contributed by atoms with van der Waals surface area (Å²) in [5, 5.41) is 6.58. The second kappa shape index (κ2) is 7.80. The van der Waals surface area contributed by atoms with E-state index >= 15 is 0 Å². The van der Waals surface area contributed by atoms with Crippen LogP contribution in [0.25, 0.3) is 0 Å². The highest BCUT2D eigenvalue weighted by molar-refractivity contribution is 5.93. The number of anilines is 1. The molecular weight excluding hydrogens is 316 g/mol. The molecule has 1 aliphatic heterocycles. The molecule has 0 saturated carbocycles. The highest BCUT2D eigenvalue weighted by Gasteiger charge is 2.26. The van der Waals surface area contributed by atoms with Crippen LogP contribution in [0.3, 0.4) is 0 Å². The van der Waals surface area contributed by atoms with E-state index in [4.69, 9.17) is 4.52 Å². The maximum atomic E-state index is 12.4. The molecule has 134 valence electrons. The molecular formula is C19H26N4O2. The Kier molecular flexibility index (Phi) is 5.50. The molecule has 0 unspecified atom stereocenters. The zero-order valence-corrected chi connectivity index (χ0v) is 15.2. The third-order valence-electron chi connectivity index (χ3n) is 4.86. The maximum absolute atomic E-state index is 12.4. The van der Waals surface area contributed by atoms with E-state index in [-0.39, 0.29) is 11.9 Å². The topological polar surface area (TPSA) is 61.6 Å². The average Bonchev–Trinajstić information content (AvgIpc) is 3.02. The summed E-state index contributed by atoms with van der Waals surface area (Å²) in [6, 6.07) is 10.1. The minimum atomic E-state index is -0.189. The van der Waals surface area contributed by atoms with Crippen LogP contribution in [0.1, 0.15) is 23.7 Å². The SMILES string of the molecule is Cc1cc(NC(=O)[C@@H](C)N2CCN(Cc3ccccc3C)CC2)on1. The van der Waals surface area contributed by atoms with Crippen LogP contribution in [0.4, 0.5) is 5.88 Å². The normalized spacial score (nSPS) is 17.4. The Balaban J connectivity index is 1.49. The molecule has 0 spiro atoms. The minimum Gasteiger partial charge on any atom is -0.338 e. The Morgan fingerprint density at radius 1 is 1.24 bits per heavy atom. The largest absolute Gasteiger partial charge is 0.338 e. The van der Waals surface area contributed by atoms with Gasteiger partial charge in [-0.25, -0.2) is 0 Å². The number of aromatic nitrogens is 1. The first-order chi connectivity index (χ1) is 12.0. The molecule has 1 atom stereocenters. The fraction of sp³-hybridized carbons (Fsp3) is 0.474. The molecule has 2 heterocycles. The molecule has 1 aliphatic rings. The molecule has 3 rings (SSSR count). The molecule has 1 aromatic carbocycles. The van der Waals surface area contributed by atoms with Gasteiger partial charge in [-0.2, -0.15) is 0 Å². The van der Waals surface area contributed by atoms with Gasteiger partial charge in [0.2, 0.25) is 11.8 Å². The van der Waals surface area contributed by atoms with Crippen molar-refractivity contribution >= 4 is 11.8 Å². The minimum absolute atomic E-state index is 0.0523. The number of piperazine rings is 1. The lowest BCUT2D eigenvalue weighted by Gasteiger charge is -2.37. The van der Waals surface area contributed by atoms with Crippen molar-refractivity contribution < 1.29 is 9.32 Å². The van der Waals surface area contributed by atoms with Crippen LogP contribution >= 0.6 is 0 Å². The lowest BCUT2D eigenvalue weighted by Crippen LogP contribution is -2.52. The van der Waals surface area contributed by atoms with E-state index in [1.165, 1.54) is 11.1 Å². The molecule has 1 fully saturated rings. The van der Waals surface area contributed by atoms with Gasteiger partial charge in [-0.05, 0) is 31.9 Å². The first-order valence-electron chi connectivity index (χ1n) is 8.78. The fourth-order valence-electron chi connectivity index (χ4n) is 3.15. The Bertz CT molecular complexity index is 720. The lowest BCUT2D eigenvalue weighted by molar-refractivity contribution is -0.121. The highest BCUT2D eigenvalue weighted by Crippen LogP contribution is 2.15. The number of hydrogen-bond donors (Lipinski definition) is 1. The summed E-state index contributed by atoms with van der Waals surface area (Å²) in [5.74, 6) is 0.357. The summed E-state index contributed by atoms with van der Waals surface area (Å²) < 4.78 is 5.06. The van der Waals surface area contributed by atoms with Crippen LogP contribution in [0.15, 0.2) is 34.9 Å². The van der Waals surface area contributed by atoms with E-state index in [1.54, 1.807) is 6.07 Å². The monoisotopic (exact) mass is 342 g/mol. The quantitative estimate of drug-likeness (QED) is 0.904. The Hall–Kier alpha value is -2.18. The Morgan fingerprint density at radius 2 is 1.96 bits per heavy atom. The van der Waals surface area contributed by atoms with Crippen molar-refractivity contribution in [2.75, 3.05) is 31.5 Å². The maximum Gasteiger partial charge on any atom is 0.243 e. The van der Waals surface area contributed by atoms with Gasteiger partial charge in [0.05, 0.1) is 11.7 Å². The number of nitrogens with zero attached hydrogens (tertiary/aromatic N) is 3. The molecule has 2 aromatic rings. The molecule has 1 saturated heterocycles. The van der Waals surface area contributed by atoms with E-state index in [0.717, 1.165) is 38.4 Å². The standard InChI is InChI=1S/C19H26N4O2/c1-14-6-4-5-7-17(14)13-22-8-10-23(11-9-22)16(3)19(24)20-18-12-15(2)21-25-18/h4-7,12,16H,8-11,13H2,1-3H3,(H,20,24)/t16-/m1/s1. The van der Waals surface area contributed by atoms with Crippen molar-refractivity contribution in [3.05, 3.63) is 47.2 Å². The summed E-state index contributed by atoms with van der Waals surface area (Å²) >= 11 is 0. The van der Waals surface area contributed by atoms with Gasteiger partial charge in [0.15, 0.2) is 0 Å². The zero-order chi connectivity index (χ0) is 17.8. The number of amides is 1. The second-order valence-electron chi connectivity index (χ2n) is 6.74. The molecule has 6 heteroatoms. The van der Waals surface area contributed by atoms with Gasteiger partial charge < -0.3 is 4.52 Å². The number of nitrogens with one attached hydrogen (secondary N) is 1. The number of hydrogen-bond acceptors (Lipinski definition) is 5. The van der Waals surface area contributed by atoms with Crippen LogP contribution in [-0.2, 0) is 11.3 Å². The van der Waals surface area contributed by atoms with Crippen LogP contribution in [0, 0.1) is 13.8 Å². The summed E-state index contributed by atoms with van der Waals surface area (Å²) in [4.78, 5) is 17.0. The van der Waals surface area contributed by atoms with E-state index in [2.05, 4.69) is 51.5 Å². The highest BCUT2D eigenvalue weighted by atomic mass is 16.5. The predicted octanol–water partition coefficient (Wildman–Crippen LogP) is 2.44. The van der Waals surface area contributed by atoms with Crippen molar-refractivity contribution in [1.29, 1.82) is 0 Å². The second-order valence-corrected chi connectivity index (χ2v) is 6.74. The summed E-state index contributed by atoms with van der Waals surface area (Å²) in [6.45, 7) is 10.6. The van der Waals surface area contributed by atoms with Gasteiger partial charge in [-0.15, -0.1) is 0 Å². The van der Waals surface area contributed by atoms with Gasteiger partial charge in [0, 0.05) is 38.8 Å². The van der Waals surface area contributed by atoms with Crippen molar-refractivity contribution in [3.8, 4) is 0 Å². The van der Waals surface area contributed by atoms with Crippen molar-refractivity contribution in [1.82, 2.24) is 15.0 Å². The molecule has 25 heavy (non-hydrogen) atoms. The van der Waals surface area contributed by atoms with Crippen molar-refractivity contribution in [2.45, 2.75) is 33.4 Å². The number of aryl methyl sites for hydroxylation is 2. The predicted molar refractivity (Wildman–Crippen MR) is 97.4 cm³/mol. The molecule has 0 bridgehead atoms. The fourth-order valence-corrected chi connectivity index (χ4v) is 3.15. The number of benzene rings is 1. The number of carbonyl (C=O) groups excluding carboxylic acids is 1. The van der Waals surface area contributed by atoms with E-state index in [9.17, 15) is 4.79 Å². The van der Waals surface area contributed by atoms with Crippen molar-refractivity contribution in [2.24, 2.45) is 0 Å². The zero-order valence-electron chi connectivity index (χ0n) is 15.2. The number of rotatable bonds is 5. The smallest absolute Gasteiger partial charge is 0.243 e. The van der Waals surface area contributed by atoms with Crippen LogP contribution in [0.2, 0.25) is 0 Å². The number of carbonyl (C=O) groups is 1. The molecule has 1 amide bonds. The summed E-state index contributed by atoms with van der Waals surface area (Å²) in [7, 11) is 0. The van der Waals surface area contributed by atoms with Gasteiger partial charge in [-0.1, -0.05) is 29.4 Å². The summed E-state index contributed by atoms with van der Waals surface area (Å²) in [6.07, 6.45) is 0. The Labute approximate surface area is 148 Å². The van der Waals surface area contributed by atoms with Crippen molar-refractivity contribution in [3.63, 3.8) is 0 Å². The molecule has 0 radical (unpaired) electrons. The van der Waals surface area contributed by atoms with Crippen LogP contribution in [0.5, 0.6) is 0 Å². The molecule has 1 aromatic heterocycles. The first kappa shape index (κ1) is 17.6. The molecule has 1 N–H and O–H groups in total. The Morgan fingerprint density at radius 3 is 2.60 bits per heavy atom. The van der Waals surface area contributed by atoms with E-state index < -0.39 is 0 Å². The third-order valence-corrected chi connectivity index (χ3v) is 4.86. The van der Waals surface area contributed by atoms with E-state index in [1.807, 2.05) is 13.8 Å². The molecule has 6 nitrogen and oxygen atoms in total. The van der Waals surface area contributed by atoms with Crippen LogP contribution < -0.4 is 5.32 Å².